The molecule has 5 nitrogen and oxygen atoms in total. The molecule has 2 aliphatic heterocycles. The van der Waals surface area contributed by atoms with Crippen LogP contribution in [0.2, 0.25) is 0 Å². The van der Waals surface area contributed by atoms with Crippen LogP contribution in [0, 0.1) is 0 Å². The van der Waals surface area contributed by atoms with Gasteiger partial charge in [0.1, 0.15) is 0 Å². The number of hydrogen-bond acceptors (Lipinski definition) is 5. The van der Waals surface area contributed by atoms with Gasteiger partial charge in [0.2, 0.25) is 0 Å². The number of nitrogens with zero attached hydrogens (tertiary/aromatic N) is 1. The van der Waals surface area contributed by atoms with Crippen molar-refractivity contribution in [2.45, 2.75) is 33.0 Å². The Balaban J connectivity index is 2.25. The van der Waals surface area contributed by atoms with E-state index in [0.717, 1.165) is 13.0 Å². The van der Waals surface area contributed by atoms with Gasteiger partial charge in [-0.3, -0.25) is 0 Å². The van der Waals surface area contributed by atoms with Gasteiger partial charge in [-0.1, -0.05) is 6.92 Å². The molecule has 0 aromatic rings. The molecule has 2 aliphatic rings. The van der Waals surface area contributed by atoms with Gasteiger partial charge >= 0.3 is 11.9 Å². The summed E-state index contributed by atoms with van der Waals surface area (Å²) in [5.74, 6) is -2.49. The third-order valence-corrected chi connectivity index (χ3v) is 2.75. The van der Waals surface area contributed by atoms with Crippen molar-refractivity contribution < 1.29 is 19.1 Å². The number of carbonyl (C=O) groups is 2. The maximum Gasteiger partial charge on any atom is 0.349 e. The summed E-state index contributed by atoms with van der Waals surface area (Å²) in [5, 5.41) is 0. The van der Waals surface area contributed by atoms with E-state index in [4.69, 9.17) is 9.47 Å². The zero-order chi connectivity index (χ0) is 14.0. The molecule has 0 atom stereocenters. The van der Waals surface area contributed by atoms with Crippen molar-refractivity contribution in [2.24, 2.45) is 0 Å². The van der Waals surface area contributed by atoms with Gasteiger partial charge in [-0.25, -0.2) is 9.59 Å². The molecule has 0 aromatic carbocycles. The van der Waals surface area contributed by atoms with Gasteiger partial charge in [0.25, 0.3) is 5.79 Å². The van der Waals surface area contributed by atoms with Crippen molar-refractivity contribution in [3.05, 3.63) is 35.7 Å². The summed E-state index contributed by atoms with van der Waals surface area (Å²) in [7, 11) is 0. The summed E-state index contributed by atoms with van der Waals surface area (Å²) in [6, 6.07) is 0. The fourth-order valence-electron chi connectivity index (χ4n) is 1.92. The quantitative estimate of drug-likeness (QED) is 0.432. The molecule has 0 radical (unpaired) electrons. The van der Waals surface area contributed by atoms with Gasteiger partial charge in [-0.2, -0.15) is 0 Å². The van der Waals surface area contributed by atoms with Crippen LogP contribution in [0.4, 0.5) is 0 Å². The average molecular weight is 263 g/mol. The number of allylic oxidation sites excluding steroid dienone is 3. The Bertz CT molecular complexity index is 462. The molecular weight excluding hydrogens is 246 g/mol. The van der Waals surface area contributed by atoms with E-state index in [1.807, 2.05) is 17.3 Å². The highest BCUT2D eigenvalue weighted by atomic mass is 16.7. The average Bonchev–Trinajstić information content (AvgIpc) is 2.29. The van der Waals surface area contributed by atoms with Crippen molar-refractivity contribution in [3.8, 4) is 0 Å². The predicted molar refractivity (Wildman–Crippen MR) is 68.6 cm³/mol. The summed E-state index contributed by atoms with van der Waals surface area (Å²) in [6.45, 7) is 6.02. The molecule has 2 heterocycles. The van der Waals surface area contributed by atoms with E-state index in [-0.39, 0.29) is 5.57 Å². The van der Waals surface area contributed by atoms with Gasteiger partial charge in [-0.15, -0.1) is 0 Å². The maximum atomic E-state index is 11.9. The fourth-order valence-corrected chi connectivity index (χ4v) is 1.92. The van der Waals surface area contributed by atoms with Crippen molar-refractivity contribution in [3.63, 3.8) is 0 Å². The lowest BCUT2D eigenvalue weighted by molar-refractivity contribution is -0.222. The Kier molecular flexibility index (Phi) is 3.46. The van der Waals surface area contributed by atoms with Crippen molar-refractivity contribution in [1.82, 2.24) is 4.90 Å². The number of hydrogen-bond donors (Lipinski definition) is 0. The summed E-state index contributed by atoms with van der Waals surface area (Å²) in [5.41, 5.74) is 0.459. The van der Waals surface area contributed by atoms with Crippen molar-refractivity contribution in [2.75, 3.05) is 6.54 Å². The topological polar surface area (TPSA) is 55.8 Å². The SMILES string of the molecule is CCCN1C=CC(=C2C(=O)OC(C)(C)OC2=O)C=C1. The number of ether oxygens (including phenoxy) is 2. The lowest BCUT2D eigenvalue weighted by atomic mass is 10.1. The van der Waals surface area contributed by atoms with E-state index >= 15 is 0 Å². The Labute approximate surface area is 112 Å². The number of esters is 2. The number of carbonyl (C=O) groups excluding carboxylic acids is 2. The molecule has 0 spiro atoms. The number of rotatable bonds is 2. The maximum absolute atomic E-state index is 11.9. The van der Waals surface area contributed by atoms with Crippen molar-refractivity contribution in [1.29, 1.82) is 0 Å². The molecular formula is C14H17NO4. The Morgan fingerprint density at radius 3 is 2.11 bits per heavy atom. The van der Waals surface area contributed by atoms with Crippen LogP contribution >= 0.6 is 0 Å². The Hall–Kier alpha value is -2.04. The minimum Gasteiger partial charge on any atom is -0.419 e. The van der Waals surface area contributed by atoms with E-state index in [1.54, 1.807) is 12.2 Å². The smallest absolute Gasteiger partial charge is 0.349 e. The second-order valence-electron chi connectivity index (χ2n) is 4.88. The first-order chi connectivity index (χ1) is 8.93. The minimum atomic E-state index is -1.20. The van der Waals surface area contributed by atoms with E-state index in [1.165, 1.54) is 13.8 Å². The van der Waals surface area contributed by atoms with Crippen LogP contribution in [0.5, 0.6) is 0 Å². The molecule has 19 heavy (non-hydrogen) atoms. The summed E-state index contributed by atoms with van der Waals surface area (Å²) in [4.78, 5) is 25.7. The lowest BCUT2D eigenvalue weighted by Crippen LogP contribution is -2.42. The van der Waals surface area contributed by atoms with Crippen LogP contribution < -0.4 is 0 Å². The molecule has 0 aliphatic carbocycles. The van der Waals surface area contributed by atoms with E-state index in [2.05, 4.69) is 6.92 Å². The first-order valence-electron chi connectivity index (χ1n) is 6.26. The second-order valence-corrected chi connectivity index (χ2v) is 4.88. The zero-order valence-electron chi connectivity index (χ0n) is 11.3. The lowest BCUT2D eigenvalue weighted by Gasteiger charge is -2.30. The molecule has 0 unspecified atom stereocenters. The van der Waals surface area contributed by atoms with E-state index in [0.29, 0.717) is 5.57 Å². The normalized spacial score (nSPS) is 21.5. The molecule has 0 bridgehead atoms. The standard InChI is InChI=1S/C14H17NO4/c1-4-7-15-8-5-10(6-9-15)11-12(16)18-14(2,3)19-13(11)17/h5-6,8-9H,4,7H2,1-3H3. The number of cyclic esters (lactones) is 2. The van der Waals surface area contributed by atoms with Gasteiger partial charge in [-0.05, 0) is 24.1 Å². The summed E-state index contributed by atoms with van der Waals surface area (Å²) < 4.78 is 10.1. The highest BCUT2D eigenvalue weighted by Gasteiger charge is 2.40. The van der Waals surface area contributed by atoms with Crippen LogP contribution in [0.3, 0.4) is 0 Å². The van der Waals surface area contributed by atoms with Crippen LogP contribution in [0.15, 0.2) is 35.7 Å². The molecule has 0 aromatic heterocycles. The highest BCUT2D eigenvalue weighted by molar-refractivity contribution is 6.16. The zero-order valence-corrected chi connectivity index (χ0v) is 11.3. The first-order valence-corrected chi connectivity index (χ1v) is 6.26. The molecule has 2 rings (SSSR count). The summed E-state index contributed by atoms with van der Waals surface area (Å²) >= 11 is 0. The predicted octanol–water partition coefficient (Wildman–Crippen LogP) is 1.87. The third kappa shape index (κ3) is 2.86. The molecule has 0 saturated carbocycles. The Morgan fingerprint density at radius 1 is 1.11 bits per heavy atom. The van der Waals surface area contributed by atoms with Crippen LogP contribution in [0.25, 0.3) is 0 Å². The van der Waals surface area contributed by atoms with Gasteiger partial charge < -0.3 is 14.4 Å². The highest BCUT2D eigenvalue weighted by Crippen LogP contribution is 2.26. The van der Waals surface area contributed by atoms with Gasteiger partial charge in [0.15, 0.2) is 5.57 Å². The molecule has 5 heteroatoms. The van der Waals surface area contributed by atoms with E-state index in [9.17, 15) is 9.59 Å². The minimum absolute atomic E-state index is 0.0528. The van der Waals surface area contributed by atoms with Crippen LogP contribution in [-0.2, 0) is 19.1 Å². The molecule has 0 N–H and O–H groups in total. The van der Waals surface area contributed by atoms with Gasteiger partial charge in [0.05, 0.1) is 0 Å². The van der Waals surface area contributed by atoms with Crippen molar-refractivity contribution >= 4 is 11.9 Å². The Morgan fingerprint density at radius 2 is 1.63 bits per heavy atom. The van der Waals surface area contributed by atoms with Gasteiger partial charge in [0, 0.05) is 32.8 Å². The molecule has 102 valence electrons. The second kappa shape index (κ2) is 4.91. The van der Waals surface area contributed by atoms with E-state index < -0.39 is 17.7 Å². The molecule has 1 fully saturated rings. The van der Waals surface area contributed by atoms with Crippen LogP contribution in [0.1, 0.15) is 27.2 Å². The summed E-state index contributed by atoms with van der Waals surface area (Å²) in [6.07, 6.45) is 8.09. The molecule has 0 amide bonds. The first kappa shape index (κ1) is 13.4. The largest absolute Gasteiger partial charge is 0.419 e. The molecule has 1 saturated heterocycles. The fraction of sp³-hybridized carbons (Fsp3) is 0.429. The van der Waals surface area contributed by atoms with Crippen LogP contribution in [-0.4, -0.2) is 29.2 Å². The monoisotopic (exact) mass is 263 g/mol. The third-order valence-electron chi connectivity index (χ3n) is 2.75.